The summed E-state index contributed by atoms with van der Waals surface area (Å²) >= 11 is 0. The van der Waals surface area contributed by atoms with Gasteiger partial charge < -0.3 is 13.7 Å². The molecule has 6 heteroatoms. The smallest absolute Gasteiger partial charge is 0.247 e. The topological polar surface area (TPSA) is 68.2 Å². The average Bonchev–Trinajstić information content (AvgIpc) is 3.81. The van der Waals surface area contributed by atoms with E-state index >= 15 is 0 Å². The maximum atomic E-state index is 5.50. The highest BCUT2D eigenvalue weighted by Crippen LogP contribution is 2.38. The molecule has 0 atom stereocenters. The van der Waals surface area contributed by atoms with Crippen LogP contribution in [0, 0.1) is 0 Å². The summed E-state index contributed by atoms with van der Waals surface area (Å²) < 4.78 is 10.9. The number of fused-ring (bicyclic) bond motifs is 2. The van der Waals surface area contributed by atoms with Crippen molar-refractivity contribution in [2.75, 3.05) is 4.90 Å². The van der Waals surface area contributed by atoms with Crippen LogP contribution in [0.5, 0.6) is 0 Å². The number of oxazole rings is 1. The molecule has 8 rings (SSSR count). The van der Waals surface area contributed by atoms with Gasteiger partial charge in [0.05, 0.1) is 6.20 Å². The second-order valence-electron chi connectivity index (χ2n) is 10.3. The molecule has 0 spiro atoms. The molecule has 2 aromatic heterocycles. The first-order chi connectivity index (χ1) is 21.3. The van der Waals surface area contributed by atoms with Crippen LogP contribution in [0.1, 0.15) is 0 Å². The van der Waals surface area contributed by atoms with Crippen molar-refractivity contribution >= 4 is 38.6 Å². The van der Waals surface area contributed by atoms with E-state index in [1.807, 2.05) is 24.3 Å². The summed E-state index contributed by atoms with van der Waals surface area (Å²) in [4.78, 5) is 6.52. The number of anilines is 3. The Morgan fingerprint density at radius 1 is 0.465 bits per heavy atom. The highest BCUT2D eigenvalue weighted by molar-refractivity contribution is 5.94. The van der Waals surface area contributed by atoms with Crippen molar-refractivity contribution in [1.82, 2.24) is 15.2 Å². The Morgan fingerprint density at radius 2 is 1.02 bits per heavy atom. The van der Waals surface area contributed by atoms with E-state index < -0.39 is 0 Å². The number of benzene rings is 6. The molecule has 0 unspecified atom stereocenters. The van der Waals surface area contributed by atoms with E-state index in [0.717, 1.165) is 33.6 Å². The molecule has 6 nitrogen and oxygen atoms in total. The van der Waals surface area contributed by atoms with Crippen LogP contribution in [0.2, 0.25) is 0 Å². The summed E-state index contributed by atoms with van der Waals surface area (Å²) in [6, 6.07) is 44.7. The van der Waals surface area contributed by atoms with E-state index in [2.05, 4.69) is 123 Å². The van der Waals surface area contributed by atoms with Gasteiger partial charge in [-0.2, -0.15) is 0 Å². The molecule has 8 aromatic rings. The van der Waals surface area contributed by atoms with Gasteiger partial charge in [-0.05, 0) is 105 Å². The molecule has 0 fully saturated rings. The Labute approximate surface area is 247 Å². The van der Waals surface area contributed by atoms with Gasteiger partial charge in [0.25, 0.3) is 0 Å². The molecule has 0 bridgehead atoms. The van der Waals surface area contributed by atoms with Crippen LogP contribution in [-0.4, -0.2) is 15.2 Å². The molecule has 0 aliphatic heterocycles. The fraction of sp³-hybridized carbons (Fsp3) is 0. The van der Waals surface area contributed by atoms with E-state index in [1.54, 1.807) is 12.5 Å². The molecule has 0 radical (unpaired) electrons. The first-order valence-electron chi connectivity index (χ1n) is 14.0. The highest BCUT2D eigenvalue weighted by atomic mass is 16.4. The second-order valence-corrected chi connectivity index (χ2v) is 10.3. The van der Waals surface area contributed by atoms with Gasteiger partial charge in [-0.25, -0.2) is 4.98 Å². The number of rotatable bonds is 6. The minimum absolute atomic E-state index is 0.487. The quantitative estimate of drug-likeness (QED) is 0.203. The molecule has 2 heterocycles. The van der Waals surface area contributed by atoms with E-state index in [0.29, 0.717) is 11.8 Å². The molecule has 0 N–H and O–H groups in total. The SMILES string of the molecule is c1ccc2cc(-c3ccc4cc(N(c5ccc(-c6ncco6)cc5)c5ccc(-c6nnco6)cc5)ccc4c3)ccc2c1. The lowest BCUT2D eigenvalue weighted by atomic mass is 9.98. The lowest BCUT2D eigenvalue weighted by molar-refractivity contribution is 0.568. The molecule has 43 heavy (non-hydrogen) atoms. The molecule has 0 aliphatic rings. The predicted molar refractivity (Wildman–Crippen MR) is 170 cm³/mol. The summed E-state index contributed by atoms with van der Waals surface area (Å²) in [6.07, 6.45) is 4.58. The fourth-order valence-electron chi connectivity index (χ4n) is 5.54. The van der Waals surface area contributed by atoms with Crippen molar-refractivity contribution in [3.05, 3.63) is 146 Å². The monoisotopic (exact) mass is 556 g/mol. The van der Waals surface area contributed by atoms with Crippen LogP contribution in [0.4, 0.5) is 17.1 Å². The molecular formula is C37H24N4O2. The molecule has 0 saturated carbocycles. The Hall–Kier alpha value is -6.01. The zero-order chi connectivity index (χ0) is 28.6. The summed E-state index contributed by atoms with van der Waals surface area (Å²) in [5, 5.41) is 12.7. The maximum absolute atomic E-state index is 5.50. The van der Waals surface area contributed by atoms with Crippen LogP contribution < -0.4 is 4.90 Å². The Bertz CT molecular complexity index is 2090. The van der Waals surface area contributed by atoms with Crippen molar-refractivity contribution < 1.29 is 8.83 Å². The van der Waals surface area contributed by atoms with E-state index in [1.165, 1.54) is 33.7 Å². The van der Waals surface area contributed by atoms with Gasteiger partial charge in [0, 0.05) is 28.2 Å². The third-order valence-corrected chi connectivity index (χ3v) is 7.70. The average molecular weight is 557 g/mol. The Morgan fingerprint density at radius 3 is 1.67 bits per heavy atom. The van der Waals surface area contributed by atoms with Gasteiger partial charge in [0.1, 0.15) is 6.26 Å². The zero-order valence-corrected chi connectivity index (χ0v) is 23.0. The largest absolute Gasteiger partial charge is 0.445 e. The van der Waals surface area contributed by atoms with Crippen molar-refractivity contribution in [2.45, 2.75) is 0 Å². The first kappa shape index (κ1) is 24.8. The van der Waals surface area contributed by atoms with E-state index in [-0.39, 0.29) is 0 Å². The molecule has 0 saturated heterocycles. The van der Waals surface area contributed by atoms with Gasteiger partial charge >= 0.3 is 0 Å². The fourth-order valence-corrected chi connectivity index (χ4v) is 5.54. The molecule has 0 aliphatic carbocycles. The number of aromatic nitrogens is 3. The number of hydrogen-bond acceptors (Lipinski definition) is 6. The van der Waals surface area contributed by atoms with Crippen LogP contribution in [0.3, 0.4) is 0 Å². The van der Waals surface area contributed by atoms with Gasteiger partial charge in [-0.1, -0.05) is 54.6 Å². The van der Waals surface area contributed by atoms with Gasteiger partial charge in [-0.3, -0.25) is 0 Å². The third kappa shape index (κ3) is 4.71. The first-order valence-corrected chi connectivity index (χ1v) is 14.0. The minimum atomic E-state index is 0.487. The summed E-state index contributed by atoms with van der Waals surface area (Å²) in [5.41, 5.74) is 7.23. The normalized spacial score (nSPS) is 11.3. The zero-order valence-electron chi connectivity index (χ0n) is 23.0. The summed E-state index contributed by atoms with van der Waals surface area (Å²) in [6.45, 7) is 0. The third-order valence-electron chi connectivity index (χ3n) is 7.70. The van der Waals surface area contributed by atoms with Crippen LogP contribution in [0.15, 0.2) is 155 Å². The summed E-state index contributed by atoms with van der Waals surface area (Å²) in [5.74, 6) is 1.08. The standard InChI is InChI=1S/C37H24N4O2/c1-2-4-28-21-29(6-5-25(28)3-1)30-7-8-32-23-35(18-13-31(32)22-30)41(33-14-9-26(10-15-33)36-38-19-20-42-36)34-16-11-27(12-17-34)37-40-39-24-43-37/h1-24H. The van der Waals surface area contributed by atoms with Crippen LogP contribution >= 0.6 is 0 Å². The summed E-state index contributed by atoms with van der Waals surface area (Å²) in [7, 11) is 0. The minimum Gasteiger partial charge on any atom is -0.445 e. The van der Waals surface area contributed by atoms with Crippen LogP contribution in [0.25, 0.3) is 55.6 Å². The lowest BCUT2D eigenvalue weighted by Gasteiger charge is -2.26. The van der Waals surface area contributed by atoms with Crippen molar-refractivity contribution in [3.8, 4) is 34.0 Å². The molecule has 6 aromatic carbocycles. The molecular weight excluding hydrogens is 532 g/mol. The molecule has 0 amide bonds. The van der Waals surface area contributed by atoms with Crippen molar-refractivity contribution in [2.24, 2.45) is 0 Å². The lowest BCUT2D eigenvalue weighted by Crippen LogP contribution is -2.09. The van der Waals surface area contributed by atoms with Crippen molar-refractivity contribution in [3.63, 3.8) is 0 Å². The van der Waals surface area contributed by atoms with E-state index in [9.17, 15) is 0 Å². The van der Waals surface area contributed by atoms with Crippen molar-refractivity contribution in [1.29, 1.82) is 0 Å². The van der Waals surface area contributed by atoms with Gasteiger partial charge in [0.2, 0.25) is 18.2 Å². The van der Waals surface area contributed by atoms with Crippen LogP contribution in [-0.2, 0) is 0 Å². The number of hydrogen-bond donors (Lipinski definition) is 0. The Balaban J connectivity index is 1.19. The van der Waals surface area contributed by atoms with E-state index in [4.69, 9.17) is 8.83 Å². The van der Waals surface area contributed by atoms with Gasteiger partial charge in [0.15, 0.2) is 0 Å². The maximum Gasteiger partial charge on any atom is 0.247 e. The number of nitrogens with zero attached hydrogens (tertiary/aromatic N) is 4. The second kappa shape index (κ2) is 10.4. The highest BCUT2D eigenvalue weighted by Gasteiger charge is 2.15. The Kier molecular flexibility index (Phi) is 6.01. The molecule has 204 valence electrons. The van der Waals surface area contributed by atoms with Gasteiger partial charge in [-0.15, -0.1) is 10.2 Å². The predicted octanol–water partition coefficient (Wildman–Crippen LogP) is 9.83.